The first kappa shape index (κ1) is 29.4. The molecule has 1 aromatic carbocycles. The van der Waals surface area contributed by atoms with Crippen LogP contribution in [-0.2, 0) is 24.0 Å². The Morgan fingerprint density at radius 3 is 2.49 bits per heavy atom. The van der Waals surface area contributed by atoms with Gasteiger partial charge in [0.25, 0.3) is 0 Å². The van der Waals surface area contributed by atoms with Crippen LogP contribution in [0.15, 0.2) is 49.5 Å². The number of amides is 2. The maximum absolute atomic E-state index is 13.8. The highest BCUT2D eigenvalue weighted by molar-refractivity contribution is 9.13. The van der Waals surface area contributed by atoms with E-state index in [2.05, 4.69) is 31.9 Å². The molecule has 1 saturated heterocycles. The van der Waals surface area contributed by atoms with Crippen LogP contribution in [0.3, 0.4) is 0 Å². The zero-order valence-electron chi connectivity index (χ0n) is 22.5. The van der Waals surface area contributed by atoms with Gasteiger partial charge in [-0.1, -0.05) is 18.1 Å². The Hall–Kier alpha value is -3.05. The number of carboxylic acid groups (broad SMARTS) is 1. The number of rotatable bonds is 8. The van der Waals surface area contributed by atoms with Crippen molar-refractivity contribution < 1.29 is 38.9 Å². The summed E-state index contributed by atoms with van der Waals surface area (Å²) in [6.07, 6.45) is 5.36. The molecule has 216 valence electrons. The second-order valence-electron chi connectivity index (χ2n) is 10.9. The number of imide groups is 1. The summed E-state index contributed by atoms with van der Waals surface area (Å²) in [5.41, 5.74) is 2.41. The zero-order chi connectivity index (χ0) is 29.7. The molecular weight excluding hydrogens is 662 g/mol. The number of Topliss-reactive ketones (excluding diaryl/α,β-unsaturated/α-hetero) is 1. The number of allylic oxidation sites excluding steroid dienone is 6. The van der Waals surface area contributed by atoms with Crippen LogP contribution < -0.4 is 4.74 Å². The van der Waals surface area contributed by atoms with E-state index >= 15 is 0 Å². The van der Waals surface area contributed by atoms with Gasteiger partial charge in [-0.3, -0.25) is 28.9 Å². The van der Waals surface area contributed by atoms with Gasteiger partial charge in [0.15, 0.2) is 23.1 Å². The van der Waals surface area contributed by atoms with Crippen LogP contribution in [0.2, 0.25) is 0 Å². The molecule has 1 aliphatic heterocycles. The van der Waals surface area contributed by atoms with E-state index in [0.29, 0.717) is 56.9 Å². The number of likely N-dealkylation sites (tertiary alicyclic amines) is 1. The number of aliphatic carboxylic acids is 1. The summed E-state index contributed by atoms with van der Waals surface area (Å²) in [6, 6.07) is 1.63. The molecule has 1 fully saturated rings. The lowest BCUT2D eigenvalue weighted by atomic mass is 9.59. The van der Waals surface area contributed by atoms with Crippen molar-refractivity contribution in [1.82, 2.24) is 4.90 Å². The van der Waals surface area contributed by atoms with Crippen LogP contribution in [-0.4, -0.2) is 58.1 Å². The van der Waals surface area contributed by atoms with Gasteiger partial charge in [0.1, 0.15) is 0 Å². The molecule has 41 heavy (non-hydrogen) atoms. The highest BCUT2D eigenvalue weighted by Crippen LogP contribution is 2.57. The van der Waals surface area contributed by atoms with Gasteiger partial charge in [0.2, 0.25) is 11.8 Å². The molecule has 2 amide bonds. The molecule has 0 radical (unpaired) electrons. The molecule has 0 spiro atoms. The van der Waals surface area contributed by atoms with Crippen LogP contribution in [0.4, 0.5) is 0 Å². The number of aromatic hydroxyl groups is 1. The van der Waals surface area contributed by atoms with Gasteiger partial charge in [0, 0.05) is 40.1 Å². The van der Waals surface area contributed by atoms with Crippen molar-refractivity contribution in [3.63, 3.8) is 0 Å². The first-order chi connectivity index (χ1) is 19.5. The standard InChI is InChI=1S/C30H29Br2NO8/c1-13-10-19(34)17-11-16-14(22(24(17)27(13)37)18-12-20(41-2)28(38)26(32)25(18)31)7-8-15-23(16)30(40)33(29(15)39)9-5-3-4-6-21(35)36/h7,10,12,15-16,22-23,38H,3-6,8-9,11H2,1-2H3,(H,35,36). The van der Waals surface area contributed by atoms with E-state index in [1.165, 1.54) is 18.1 Å². The Kier molecular flexibility index (Phi) is 8.13. The second-order valence-corrected chi connectivity index (χ2v) is 12.5. The first-order valence-corrected chi connectivity index (χ1v) is 15.1. The van der Waals surface area contributed by atoms with Crippen molar-refractivity contribution >= 4 is 61.2 Å². The first-order valence-electron chi connectivity index (χ1n) is 13.5. The van der Waals surface area contributed by atoms with E-state index in [9.17, 15) is 29.1 Å². The molecule has 0 aromatic heterocycles. The summed E-state index contributed by atoms with van der Waals surface area (Å²) in [7, 11) is 1.42. The molecule has 4 aliphatic rings. The lowest BCUT2D eigenvalue weighted by Crippen LogP contribution is -2.40. The van der Waals surface area contributed by atoms with E-state index in [1.54, 1.807) is 13.0 Å². The fourth-order valence-electron chi connectivity index (χ4n) is 6.70. The van der Waals surface area contributed by atoms with Crippen molar-refractivity contribution in [1.29, 1.82) is 0 Å². The summed E-state index contributed by atoms with van der Waals surface area (Å²) in [6.45, 7) is 1.82. The molecule has 2 N–H and O–H groups in total. The van der Waals surface area contributed by atoms with Gasteiger partial charge in [-0.05, 0) is 88.1 Å². The van der Waals surface area contributed by atoms with Gasteiger partial charge < -0.3 is 14.9 Å². The summed E-state index contributed by atoms with van der Waals surface area (Å²) >= 11 is 6.96. The lowest BCUT2D eigenvalue weighted by molar-refractivity contribution is -0.141. The number of methoxy groups -OCH3 is 1. The smallest absolute Gasteiger partial charge is 0.303 e. The minimum absolute atomic E-state index is 0.0374. The van der Waals surface area contributed by atoms with Crippen LogP contribution in [0.1, 0.15) is 56.9 Å². The quantitative estimate of drug-likeness (QED) is 0.168. The molecule has 1 heterocycles. The SMILES string of the molecule is COc1cc(C2C3=CCC4C(=O)N(CCCCCC(=O)O)C(=O)C4C3CC3=C2C(=O)C(C)=CC3=O)c(Br)c(Br)c1O. The molecule has 4 unspecified atom stereocenters. The molecule has 1 aromatic rings. The number of hydrogen-bond donors (Lipinski definition) is 2. The van der Waals surface area contributed by atoms with Gasteiger partial charge in [-0.25, -0.2) is 0 Å². The van der Waals surface area contributed by atoms with Gasteiger partial charge in [0.05, 0.1) is 23.4 Å². The van der Waals surface area contributed by atoms with Crippen molar-refractivity contribution in [2.75, 3.05) is 13.7 Å². The number of carbonyl (C=O) groups excluding carboxylic acids is 4. The highest BCUT2D eigenvalue weighted by Gasteiger charge is 2.56. The maximum atomic E-state index is 13.8. The molecule has 3 aliphatic carbocycles. The largest absolute Gasteiger partial charge is 0.503 e. The van der Waals surface area contributed by atoms with Crippen LogP contribution >= 0.6 is 31.9 Å². The zero-order valence-corrected chi connectivity index (χ0v) is 25.7. The second kappa shape index (κ2) is 11.3. The monoisotopic (exact) mass is 689 g/mol. The molecular formula is C30H29Br2NO8. The van der Waals surface area contributed by atoms with Gasteiger partial charge in [-0.2, -0.15) is 0 Å². The molecule has 4 atom stereocenters. The van der Waals surface area contributed by atoms with Crippen molar-refractivity contribution in [2.45, 2.75) is 51.4 Å². The number of carbonyl (C=O) groups is 5. The number of nitrogens with zero attached hydrogens (tertiary/aromatic N) is 1. The third-order valence-corrected chi connectivity index (χ3v) is 10.8. The van der Waals surface area contributed by atoms with Crippen LogP contribution in [0, 0.1) is 17.8 Å². The number of halogens is 2. The van der Waals surface area contributed by atoms with Crippen LogP contribution in [0.25, 0.3) is 0 Å². The number of benzene rings is 1. The Bertz CT molecular complexity index is 1490. The lowest BCUT2D eigenvalue weighted by Gasteiger charge is -2.42. The molecule has 11 heteroatoms. The van der Waals surface area contributed by atoms with E-state index < -0.39 is 29.6 Å². The number of carboxylic acids is 1. The average molecular weight is 691 g/mol. The van der Waals surface area contributed by atoms with Crippen LogP contribution in [0.5, 0.6) is 11.5 Å². The summed E-state index contributed by atoms with van der Waals surface area (Å²) in [5, 5.41) is 19.4. The summed E-state index contributed by atoms with van der Waals surface area (Å²) < 4.78 is 6.21. The highest BCUT2D eigenvalue weighted by atomic mass is 79.9. The molecule has 0 bridgehead atoms. The Morgan fingerprint density at radius 2 is 1.80 bits per heavy atom. The fourth-order valence-corrected chi connectivity index (χ4v) is 7.66. The number of ketones is 2. The minimum atomic E-state index is -0.880. The number of phenolic OH excluding ortho intramolecular Hbond substituents is 1. The fraction of sp³-hybridized carbons (Fsp3) is 0.433. The van der Waals surface area contributed by atoms with E-state index in [4.69, 9.17) is 9.84 Å². The third kappa shape index (κ3) is 4.90. The van der Waals surface area contributed by atoms with Gasteiger partial charge in [-0.15, -0.1) is 0 Å². The Morgan fingerprint density at radius 1 is 1.07 bits per heavy atom. The number of ether oxygens (including phenoxy) is 1. The van der Waals surface area contributed by atoms with E-state index in [1.807, 2.05) is 6.08 Å². The van der Waals surface area contributed by atoms with Crippen molar-refractivity contribution in [3.8, 4) is 11.5 Å². The van der Waals surface area contributed by atoms with E-state index in [-0.39, 0.29) is 54.3 Å². The third-order valence-electron chi connectivity index (χ3n) is 8.63. The van der Waals surface area contributed by atoms with Gasteiger partial charge >= 0.3 is 5.97 Å². The topological polar surface area (TPSA) is 138 Å². The molecule has 5 rings (SSSR count). The van der Waals surface area contributed by atoms with Crippen molar-refractivity contribution in [3.05, 3.63) is 55.0 Å². The predicted octanol–water partition coefficient (Wildman–Crippen LogP) is 5.00. The number of fused-ring (bicyclic) bond motifs is 3. The predicted molar refractivity (Wildman–Crippen MR) is 154 cm³/mol. The number of hydrogen-bond acceptors (Lipinski definition) is 7. The maximum Gasteiger partial charge on any atom is 0.303 e. The normalized spacial score (nSPS) is 25.5. The number of phenols is 1. The minimum Gasteiger partial charge on any atom is -0.503 e. The van der Waals surface area contributed by atoms with E-state index in [0.717, 1.165) is 5.57 Å². The summed E-state index contributed by atoms with van der Waals surface area (Å²) in [5.74, 6) is -4.30. The number of unbranched alkanes of at least 4 members (excludes halogenated alkanes) is 2. The summed E-state index contributed by atoms with van der Waals surface area (Å²) in [4.78, 5) is 66.2. The molecule has 9 nitrogen and oxygen atoms in total. The average Bonchev–Trinajstić information content (AvgIpc) is 3.18. The molecule has 0 saturated carbocycles. The Balaban J connectivity index is 1.56. The van der Waals surface area contributed by atoms with Crippen molar-refractivity contribution in [2.24, 2.45) is 17.8 Å². The Labute approximate surface area is 253 Å².